The lowest BCUT2D eigenvalue weighted by Crippen LogP contribution is -2.21. The molecule has 0 spiro atoms. The highest BCUT2D eigenvalue weighted by atomic mass is 79.9. The minimum Gasteiger partial charge on any atom is -0.420 e. The Morgan fingerprint density at radius 1 is 1.19 bits per heavy atom. The number of nitrogens with two attached hydrogens (primary N) is 1. The lowest BCUT2D eigenvalue weighted by atomic mass is 9.82. The molecule has 0 radical (unpaired) electrons. The molecule has 2 aromatic carbocycles. The zero-order valence-electron chi connectivity index (χ0n) is 14.9. The standard InChI is InChI=1S/C21H17BrN4O/c1-11-3-8-15(12(2)9-11)19-18-17(13-4-6-14(22)7-5-13)16(10-23)20(24)27-21(18)26-25-19/h3-9,17H,24H2,1-2H3,(H,25,26)/t17-/m0/s1. The number of hydrogen-bond acceptors (Lipinski definition) is 4. The second-order valence-electron chi connectivity index (χ2n) is 6.61. The van der Waals surface area contributed by atoms with Crippen molar-refractivity contribution in [1.29, 1.82) is 5.26 Å². The number of aromatic amines is 1. The van der Waals surface area contributed by atoms with E-state index in [9.17, 15) is 5.26 Å². The third-order valence-corrected chi connectivity index (χ3v) is 5.32. The van der Waals surface area contributed by atoms with E-state index in [-0.39, 0.29) is 11.8 Å². The molecule has 3 aromatic rings. The summed E-state index contributed by atoms with van der Waals surface area (Å²) in [6.07, 6.45) is 0. The molecule has 1 aliphatic heterocycles. The maximum absolute atomic E-state index is 9.76. The van der Waals surface area contributed by atoms with Gasteiger partial charge >= 0.3 is 0 Å². The first kappa shape index (κ1) is 17.4. The molecule has 0 aliphatic carbocycles. The molecule has 6 heteroatoms. The molecular weight excluding hydrogens is 404 g/mol. The molecule has 1 atom stereocenters. The van der Waals surface area contributed by atoms with Crippen molar-refractivity contribution in [2.75, 3.05) is 0 Å². The predicted molar refractivity (Wildman–Crippen MR) is 107 cm³/mol. The van der Waals surface area contributed by atoms with Crippen LogP contribution >= 0.6 is 15.9 Å². The van der Waals surface area contributed by atoms with Gasteiger partial charge in [0.1, 0.15) is 11.6 Å². The van der Waals surface area contributed by atoms with E-state index in [0.717, 1.165) is 32.4 Å². The fourth-order valence-corrected chi connectivity index (χ4v) is 3.80. The minimum absolute atomic E-state index is 0.0941. The summed E-state index contributed by atoms with van der Waals surface area (Å²) in [6.45, 7) is 4.12. The first-order chi connectivity index (χ1) is 13.0. The van der Waals surface area contributed by atoms with Crippen LogP contribution in [0.3, 0.4) is 0 Å². The predicted octanol–water partition coefficient (Wildman–Crippen LogP) is 4.67. The van der Waals surface area contributed by atoms with Crippen molar-refractivity contribution < 1.29 is 4.74 Å². The van der Waals surface area contributed by atoms with Gasteiger partial charge in [-0.25, -0.2) is 0 Å². The van der Waals surface area contributed by atoms with Crippen LogP contribution in [0.1, 0.15) is 28.2 Å². The summed E-state index contributed by atoms with van der Waals surface area (Å²) in [4.78, 5) is 0. The van der Waals surface area contributed by atoms with Gasteiger partial charge in [-0.3, -0.25) is 5.10 Å². The van der Waals surface area contributed by atoms with Crippen LogP contribution in [0.2, 0.25) is 0 Å². The van der Waals surface area contributed by atoms with Gasteiger partial charge in [0.05, 0.1) is 17.2 Å². The van der Waals surface area contributed by atoms with Crippen LogP contribution in [0.25, 0.3) is 11.3 Å². The molecule has 0 bridgehead atoms. The molecule has 0 fully saturated rings. The third kappa shape index (κ3) is 2.90. The van der Waals surface area contributed by atoms with Crippen LogP contribution in [0.15, 0.2) is 58.4 Å². The Bertz CT molecular complexity index is 1110. The van der Waals surface area contributed by atoms with Gasteiger partial charge < -0.3 is 10.5 Å². The molecule has 3 N–H and O–H groups in total. The highest BCUT2D eigenvalue weighted by Crippen LogP contribution is 2.46. The Kier molecular flexibility index (Phi) is 4.25. The second kappa shape index (κ2) is 6.60. The van der Waals surface area contributed by atoms with E-state index >= 15 is 0 Å². The lowest BCUT2D eigenvalue weighted by Gasteiger charge is -2.24. The van der Waals surface area contributed by atoms with Crippen molar-refractivity contribution in [3.05, 3.63) is 80.6 Å². The first-order valence-electron chi connectivity index (χ1n) is 8.48. The molecule has 27 heavy (non-hydrogen) atoms. The summed E-state index contributed by atoms with van der Waals surface area (Å²) >= 11 is 3.46. The molecule has 2 heterocycles. The molecule has 5 nitrogen and oxygen atoms in total. The summed E-state index contributed by atoms with van der Waals surface area (Å²) in [6, 6.07) is 16.3. The molecule has 0 saturated heterocycles. The minimum atomic E-state index is -0.346. The van der Waals surface area contributed by atoms with Gasteiger partial charge in [-0.2, -0.15) is 5.26 Å². The van der Waals surface area contributed by atoms with Gasteiger partial charge in [0.15, 0.2) is 0 Å². The quantitative estimate of drug-likeness (QED) is 0.629. The molecule has 1 aromatic heterocycles. The van der Waals surface area contributed by atoms with Crippen LogP contribution in [0, 0.1) is 25.2 Å². The van der Waals surface area contributed by atoms with Gasteiger partial charge in [-0.1, -0.05) is 51.8 Å². The number of benzene rings is 2. The Balaban J connectivity index is 1.96. The number of halogens is 1. The number of hydrogen-bond donors (Lipinski definition) is 2. The zero-order chi connectivity index (χ0) is 19.1. The van der Waals surface area contributed by atoms with Crippen molar-refractivity contribution in [2.24, 2.45) is 5.73 Å². The second-order valence-corrected chi connectivity index (χ2v) is 7.53. The number of nitrogens with zero attached hydrogens (tertiary/aromatic N) is 2. The van der Waals surface area contributed by atoms with Crippen molar-refractivity contribution >= 4 is 15.9 Å². The van der Waals surface area contributed by atoms with Gasteiger partial charge in [0.25, 0.3) is 0 Å². The fourth-order valence-electron chi connectivity index (χ4n) is 3.53. The Morgan fingerprint density at radius 2 is 1.93 bits per heavy atom. The monoisotopic (exact) mass is 420 g/mol. The highest BCUT2D eigenvalue weighted by molar-refractivity contribution is 9.10. The van der Waals surface area contributed by atoms with E-state index in [0.29, 0.717) is 11.5 Å². The smallest absolute Gasteiger partial charge is 0.244 e. The lowest BCUT2D eigenvalue weighted by molar-refractivity contribution is 0.379. The van der Waals surface area contributed by atoms with Crippen LogP contribution in [0.4, 0.5) is 0 Å². The zero-order valence-corrected chi connectivity index (χ0v) is 16.5. The normalized spacial score (nSPS) is 15.9. The number of ether oxygens (including phenoxy) is 1. The first-order valence-corrected chi connectivity index (χ1v) is 9.28. The molecular formula is C21H17BrN4O. The number of nitriles is 1. The van der Waals surface area contributed by atoms with Gasteiger partial charge in [0, 0.05) is 10.0 Å². The van der Waals surface area contributed by atoms with Gasteiger partial charge in [0.2, 0.25) is 11.8 Å². The van der Waals surface area contributed by atoms with E-state index < -0.39 is 0 Å². The SMILES string of the molecule is Cc1ccc(-c2[nH]nc3c2[C@@H](c2ccc(Br)cc2)C(C#N)=C(N)O3)c(C)c1. The van der Waals surface area contributed by atoms with Crippen molar-refractivity contribution in [3.8, 4) is 23.2 Å². The number of fused-ring (bicyclic) bond motifs is 1. The van der Waals surface area contributed by atoms with Gasteiger partial charge in [-0.15, -0.1) is 5.10 Å². The summed E-state index contributed by atoms with van der Waals surface area (Å²) < 4.78 is 6.63. The average molecular weight is 421 g/mol. The Labute approximate surface area is 165 Å². The maximum Gasteiger partial charge on any atom is 0.244 e. The average Bonchev–Trinajstić information content (AvgIpc) is 3.04. The molecule has 4 rings (SSSR count). The maximum atomic E-state index is 9.76. The van der Waals surface area contributed by atoms with E-state index in [1.54, 1.807) is 0 Å². The van der Waals surface area contributed by atoms with E-state index in [1.807, 2.05) is 24.3 Å². The molecule has 134 valence electrons. The number of aromatic nitrogens is 2. The van der Waals surface area contributed by atoms with E-state index in [1.165, 1.54) is 5.56 Å². The van der Waals surface area contributed by atoms with Crippen LogP contribution in [0.5, 0.6) is 5.88 Å². The fraction of sp³-hybridized carbons (Fsp3) is 0.143. The summed E-state index contributed by atoms with van der Waals surface area (Å²) in [5.41, 5.74) is 12.4. The van der Waals surface area contributed by atoms with Crippen molar-refractivity contribution in [2.45, 2.75) is 19.8 Å². The number of nitrogens with one attached hydrogen (secondary N) is 1. The van der Waals surface area contributed by atoms with Crippen LogP contribution < -0.4 is 10.5 Å². The number of H-pyrrole nitrogens is 1. The third-order valence-electron chi connectivity index (χ3n) is 4.79. The molecule has 0 unspecified atom stereocenters. The van der Waals surface area contributed by atoms with Crippen LogP contribution in [-0.4, -0.2) is 10.2 Å². The van der Waals surface area contributed by atoms with Gasteiger partial charge in [-0.05, 0) is 37.1 Å². The molecule has 0 amide bonds. The summed E-state index contributed by atoms with van der Waals surface area (Å²) in [5, 5.41) is 17.2. The van der Waals surface area contributed by atoms with Crippen molar-refractivity contribution in [1.82, 2.24) is 10.2 Å². The number of allylic oxidation sites excluding steroid dienone is 1. The van der Waals surface area contributed by atoms with E-state index in [2.05, 4.69) is 64.2 Å². The molecule has 1 aliphatic rings. The Hall–Kier alpha value is -3.04. The highest BCUT2D eigenvalue weighted by Gasteiger charge is 2.35. The summed E-state index contributed by atoms with van der Waals surface area (Å²) in [5.74, 6) is 0.160. The van der Waals surface area contributed by atoms with E-state index in [4.69, 9.17) is 10.5 Å². The largest absolute Gasteiger partial charge is 0.420 e. The number of aryl methyl sites for hydroxylation is 2. The molecule has 0 saturated carbocycles. The Morgan fingerprint density at radius 3 is 2.59 bits per heavy atom. The van der Waals surface area contributed by atoms with Crippen molar-refractivity contribution in [3.63, 3.8) is 0 Å². The topological polar surface area (TPSA) is 87.7 Å². The summed E-state index contributed by atoms with van der Waals surface area (Å²) in [7, 11) is 0. The number of rotatable bonds is 2. The van der Waals surface area contributed by atoms with Crippen LogP contribution in [-0.2, 0) is 0 Å².